The Bertz CT molecular complexity index is 1220. The average Bonchev–Trinajstić information content (AvgIpc) is 3.09. The topological polar surface area (TPSA) is 112 Å². The molecule has 7 nitrogen and oxygen atoms in total. The third kappa shape index (κ3) is 3.51. The summed E-state index contributed by atoms with van der Waals surface area (Å²) in [5, 5.41) is 10.1. The summed E-state index contributed by atoms with van der Waals surface area (Å²) in [5.74, 6) is -0.223. The van der Waals surface area contributed by atoms with Gasteiger partial charge >= 0.3 is 5.97 Å². The van der Waals surface area contributed by atoms with E-state index in [1.165, 1.54) is 11.8 Å². The molecule has 2 aromatic heterocycles. The van der Waals surface area contributed by atoms with Gasteiger partial charge in [0.25, 0.3) is 5.56 Å². The lowest BCUT2D eigenvalue weighted by molar-refractivity contribution is 0.0695. The second-order valence-electron chi connectivity index (χ2n) is 5.87. The molecule has 2 heterocycles. The molecule has 0 saturated heterocycles. The first kappa shape index (κ1) is 18.3. The maximum absolute atomic E-state index is 12.4. The summed E-state index contributed by atoms with van der Waals surface area (Å²) in [7, 11) is 0. The summed E-state index contributed by atoms with van der Waals surface area (Å²) in [6.07, 6.45) is 0. The molecular formula is C19H13ClN4O3S. The lowest BCUT2D eigenvalue weighted by Crippen LogP contribution is -2.21. The minimum atomic E-state index is -1.36. The van der Waals surface area contributed by atoms with Crippen LogP contribution in [-0.4, -0.2) is 31.0 Å². The Morgan fingerprint density at radius 1 is 1.07 bits per heavy atom. The van der Waals surface area contributed by atoms with Crippen LogP contribution in [0.4, 0.5) is 0 Å². The van der Waals surface area contributed by atoms with E-state index >= 15 is 0 Å². The predicted molar refractivity (Wildman–Crippen MR) is 108 cm³/mol. The van der Waals surface area contributed by atoms with Gasteiger partial charge in [-0.1, -0.05) is 53.7 Å². The number of fused-ring (bicyclic) bond motifs is 1. The van der Waals surface area contributed by atoms with Gasteiger partial charge in [-0.25, -0.2) is 14.8 Å². The van der Waals surface area contributed by atoms with Crippen molar-refractivity contribution in [2.75, 3.05) is 0 Å². The molecule has 28 heavy (non-hydrogen) atoms. The molecule has 0 fully saturated rings. The fourth-order valence-corrected chi connectivity index (χ4v) is 3.73. The number of aromatic carboxylic acids is 1. The number of imidazole rings is 1. The number of benzene rings is 2. The molecule has 0 unspecified atom stereocenters. The molecule has 4 rings (SSSR count). The Morgan fingerprint density at radius 3 is 2.57 bits per heavy atom. The third-order valence-electron chi connectivity index (χ3n) is 4.02. The highest BCUT2D eigenvalue weighted by Crippen LogP contribution is 2.29. The Balaban J connectivity index is 1.71. The summed E-state index contributed by atoms with van der Waals surface area (Å²) in [5.41, 5.74) is 1.01. The fraction of sp³-hybridized carbons (Fsp3) is 0.0526. The van der Waals surface area contributed by atoms with Crippen LogP contribution in [-0.2, 0) is 5.75 Å². The van der Waals surface area contributed by atoms with Crippen molar-refractivity contribution in [2.45, 2.75) is 10.9 Å². The van der Waals surface area contributed by atoms with Crippen LogP contribution in [0.15, 0.2) is 58.5 Å². The SMILES string of the molecule is O=C(O)c1c(-c2ccccc2Cl)nc(SCc2nc3ccccc3[nH]2)[nH]c1=O. The van der Waals surface area contributed by atoms with Crippen LogP contribution in [0.3, 0.4) is 0 Å². The number of para-hydroxylation sites is 2. The number of aromatic nitrogens is 4. The maximum Gasteiger partial charge on any atom is 0.343 e. The van der Waals surface area contributed by atoms with Crippen molar-refractivity contribution in [2.24, 2.45) is 0 Å². The van der Waals surface area contributed by atoms with Crippen LogP contribution in [0.5, 0.6) is 0 Å². The minimum Gasteiger partial charge on any atom is -0.477 e. The smallest absolute Gasteiger partial charge is 0.343 e. The highest BCUT2D eigenvalue weighted by molar-refractivity contribution is 7.98. The van der Waals surface area contributed by atoms with E-state index in [2.05, 4.69) is 19.9 Å². The van der Waals surface area contributed by atoms with Crippen molar-refractivity contribution in [3.63, 3.8) is 0 Å². The molecular weight excluding hydrogens is 400 g/mol. The van der Waals surface area contributed by atoms with Gasteiger partial charge in [-0.2, -0.15) is 0 Å². The highest BCUT2D eigenvalue weighted by atomic mass is 35.5. The largest absolute Gasteiger partial charge is 0.477 e. The third-order valence-corrected chi connectivity index (χ3v) is 5.24. The van der Waals surface area contributed by atoms with E-state index in [1.54, 1.807) is 24.3 Å². The Hall–Kier alpha value is -3.10. The van der Waals surface area contributed by atoms with E-state index in [-0.39, 0.29) is 10.9 Å². The first-order valence-electron chi connectivity index (χ1n) is 8.22. The number of H-pyrrole nitrogens is 2. The Kier molecular flexibility index (Phi) is 4.89. The first-order chi connectivity index (χ1) is 13.5. The number of thioether (sulfide) groups is 1. The van der Waals surface area contributed by atoms with Crippen LogP contribution in [0.1, 0.15) is 16.2 Å². The summed E-state index contributed by atoms with van der Waals surface area (Å²) >= 11 is 7.43. The molecule has 0 saturated carbocycles. The zero-order valence-electron chi connectivity index (χ0n) is 14.3. The molecule has 9 heteroatoms. The number of carboxylic acids is 1. The van der Waals surface area contributed by atoms with Gasteiger partial charge in [0, 0.05) is 10.6 Å². The van der Waals surface area contributed by atoms with Gasteiger partial charge in [0.05, 0.1) is 22.5 Å². The van der Waals surface area contributed by atoms with E-state index in [4.69, 9.17) is 11.6 Å². The van der Waals surface area contributed by atoms with Gasteiger partial charge in [-0.3, -0.25) is 4.79 Å². The molecule has 0 bridgehead atoms. The van der Waals surface area contributed by atoms with E-state index < -0.39 is 17.1 Å². The molecule has 140 valence electrons. The highest BCUT2D eigenvalue weighted by Gasteiger charge is 2.21. The number of rotatable bonds is 5. The van der Waals surface area contributed by atoms with Gasteiger partial charge in [-0.05, 0) is 18.2 Å². The molecule has 2 aromatic carbocycles. The van der Waals surface area contributed by atoms with Crippen LogP contribution < -0.4 is 5.56 Å². The number of carboxylic acid groups (broad SMARTS) is 1. The zero-order chi connectivity index (χ0) is 19.7. The number of hydrogen-bond acceptors (Lipinski definition) is 5. The van der Waals surface area contributed by atoms with Crippen LogP contribution in [0.25, 0.3) is 22.3 Å². The zero-order valence-corrected chi connectivity index (χ0v) is 15.8. The molecule has 4 aromatic rings. The fourth-order valence-electron chi connectivity index (χ4n) is 2.78. The number of aromatic amines is 2. The summed E-state index contributed by atoms with van der Waals surface area (Å²) in [4.78, 5) is 38.5. The van der Waals surface area contributed by atoms with Crippen LogP contribution in [0.2, 0.25) is 5.02 Å². The average molecular weight is 413 g/mol. The minimum absolute atomic E-state index is 0.0361. The number of nitrogens with zero attached hydrogens (tertiary/aromatic N) is 2. The van der Waals surface area contributed by atoms with Gasteiger partial charge in [0.1, 0.15) is 5.82 Å². The maximum atomic E-state index is 12.4. The van der Waals surface area contributed by atoms with E-state index in [1.807, 2.05) is 24.3 Å². The first-order valence-corrected chi connectivity index (χ1v) is 9.58. The van der Waals surface area contributed by atoms with Gasteiger partial charge in [0.15, 0.2) is 10.7 Å². The van der Waals surface area contributed by atoms with E-state index in [0.717, 1.165) is 16.9 Å². The van der Waals surface area contributed by atoms with E-state index in [0.29, 0.717) is 16.3 Å². The van der Waals surface area contributed by atoms with Gasteiger partial charge < -0.3 is 15.1 Å². The van der Waals surface area contributed by atoms with Crippen LogP contribution in [0, 0.1) is 0 Å². The van der Waals surface area contributed by atoms with Crippen molar-refractivity contribution < 1.29 is 9.90 Å². The second-order valence-corrected chi connectivity index (χ2v) is 7.24. The summed E-state index contributed by atoms with van der Waals surface area (Å²) < 4.78 is 0. The molecule has 0 aliphatic carbocycles. The molecule has 0 amide bonds. The van der Waals surface area contributed by atoms with Crippen molar-refractivity contribution in [1.82, 2.24) is 19.9 Å². The quantitative estimate of drug-likeness (QED) is 0.338. The lowest BCUT2D eigenvalue weighted by atomic mass is 10.1. The Labute approximate surface area is 167 Å². The molecule has 0 atom stereocenters. The number of halogens is 1. The second kappa shape index (κ2) is 7.49. The van der Waals surface area contributed by atoms with Crippen molar-refractivity contribution in [3.05, 3.63) is 75.3 Å². The van der Waals surface area contributed by atoms with Gasteiger partial charge in [0.2, 0.25) is 0 Å². The normalized spacial score (nSPS) is 11.0. The molecule has 0 radical (unpaired) electrons. The molecule has 3 N–H and O–H groups in total. The van der Waals surface area contributed by atoms with E-state index in [9.17, 15) is 14.7 Å². The van der Waals surface area contributed by atoms with Crippen molar-refractivity contribution in [3.8, 4) is 11.3 Å². The molecule has 0 aliphatic heterocycles. The predicted octanol–water partition coefficient (Wildman–Crippen LogP) is 3.96. The lowest BCUT2D eigenvalue weighted by Gasteiger charge is -2.09. The number of hydrogen-bond donors (Lipinski definition) is 3. The van der Waals surface area contributed by atoms with Crippen LogP contribution >= 0.6 is 23.4 Å². The number of nitrogens with one attached hydrogen (secondary N) is 2. The standard InChI is InChI=1S/C19H13ClN4O3S/c20-11-6-2-1-5-10(11)16-15(18(26)27)17(25)24-19(23-16)28-9-14-21-12-7-3-4-8-13(12)22-14/h1-8H,9H2,(H,21,22)(H,26,27)(H,23,24,25). The summed E-state index contributed by atoms with van der Waals surface area (Å²) in [6, 6.07) is 14.3. The monoisotopic (exact) mass is 412 g/mol. The van der Waals surface area contributed by atoms with Crippen molar-refractivity contribution in [1.29, 1.82) is 0 Å². The number of carbonyl (C=O) groups is 1. The van der Waals surface area contributed by atoms with Crippen molar-refractivity contribution >= 4 is 40.4 Å². The molecule has 0 aliphatic rings. The molecule has 0 spiro atoms. The van der Waals surface area contributed by atoms with Gasteiger partial charge in [-0.15, -0.1) is 0 Å². The Morgan fingerprint density at radius 2 is 1.82 bits per heavy atom. The summed E-state index contributed by atoms with van der Waals surface area (Å²) in [6.45, 7) is 0.